The molecule has 0 saturated heterocycles. The predicted molar refractivity (Wildman–Crippen MR) is 71.9 cm³/mol. The normalized spacial score (nSPS) is 11.5. The van der Waals surface area contributed by atoms with Crippen molar-refractivity contribution in [1.29, 1.82) is 0 Å². The first-order chi connectivity index (χ1) is 7.88. The van der Waals surface area contributed by atoms with Gasteiger partial charge in [-0.2, -0.15) is 0 Å². The van der Waals surface area contributed by atoms with Gasteiger partial charge in [0.1, 0.15) is 0 Å². The Kier molecular flexibility index (Phi) is 4.96. The minimum atomic E-state index is -3.05. The second-order valence-electron chi connectivity index (χ2n) is 4.33. The highest BCUT2D eigenvalue weighted by atomic mass is 32.2. The van der Waals surface area contributed by atoms with Crippen molar-refractivity contribution in [3.63, 3.8) is 0 Å². The predicted octanol–water partition coefficient (Wildman–Crippen LogP) is 1.23. The highest BCUT2D eigenvalue weighted by Crippen LogP contribution is 2.13. The third-order valence-corrected chi connectivity index (χ3v) is 3.19. The van der Waals surface area contributed by atoms with Gasteiger partial charge in [-0.25, -0.2) is 13.1 Å². The van der Waals surface area contributed by atoms with Gasteiger partial charge in [0.05, 0.1) is 6.26 Å². The fourth-order valence-corrected chi connectivity index (χ4v) is 2.03. The Morgan fingerprint density at radius 1 is 1.18 bits per heavy atom. The number of nitrogens with zero attached hydrogens (tertiary/aromatic N) is 1. The lowest BCUT2D eigenvalue weighted by atomic mass is 10.1. The average molecular weight is 256 g/mol. The lowest BCUT2D eigenvalue weighted by molar-refractivity contribution is 0.585. The Morgan fingerprint density at radius 3 is 2.24 bits per heavy atom. The van der Waals surface area contributed by atoms with Gasteiger partial charge in [0, 0.05) is 26.3 Å². The summed E-state index contributed by atoms with van der Waals surface area (Å²) in [5, 5.41) is 0. The van der Waals surface area contributed by atoms with Gasteiger partial charge in [-0.05, 0) is 30.5 Å². The van der Waals surface area contributed by atoms with Crippen molar-refractivity contribution in [3.8, 4) is 0 Å². The SMILES string of the molecule is CN(C)c1ccc(CCCNS(C)(=O)=O)cc1. The molecule has 0 heterocycles. The topological polar surface area (TPSA) is 49.4 Å². The average Bonchev–Trinajstić information content (AvgIpc) is 2.24. The van der Waals surface area contributed by atoms with Crippen molar-refractivity contribution in [1.82, 2.24) is 4.72 Å². The molecule has 0 aromatic heterocycles. The zero-order valence-corrected chi connectivity index (χ0v) is 11.4. The number of nitrogens with one attached hydrogen (secondary N) is 1. The summed E-state index contributed by atoms with van der Waals surface area (Å²) in [7, 11) is 0.957. The number of hydrogen-bond donors (Lipinski definition) is 1. The summed E-state index contributed by atoms with van der Waals surface area (Å²) in [6.07, 6.45) is 2.88. The van der Waals surface area contributed by atoms with Gasteiger partial charge in [-0.15, -0.1) is 0 Å². The standard InChI is InChI=1S/C12H20N2O2S/c1-14(2)12-8-6-11(7-9-12)5-4-10-13-17(3,15)16/h6-9,13H,4-5,10H2,1-3H3. The second-order valence-corrected chi connectivity index (χ2v) is 6.16. The van der Waals surface area contributed by atoms with Crippen LogP contribution in [0.3, 0.4) is 0 Å². The lowest BCUT2D eigenvalue weighted by Crippen LogP contribution is -2.23. The van der Waals surface area contributed by atoms with Gasteiger partial charge in [0.25, 0.3) is 0 Å². The number of hydrogen-bond acceptors (Lipinski definition) is 3. The third-order valence-electron chi connectivity index (χ3n) is 2.46. The summed E-state index contributed by atoms with van der Waals surface area (Å²) >= 11 is 0. The molecule has 0 atom stereocenters. The molecular weight excluding hydrogens is 236 g/mol. The number of benzene rings is 1. The highest BCUT2D eigenvalue weighted by molar-refractivity contribution is 7.88. The van der Waals surface area contributed by atoms with E-state index >= 15 is 0 Å². The molecule has 1 N–H and O–H groups in total. The van der Waals surface area contributed by atoms with Crippen LogP contribution >= 0.6 is 0 Å². The molecule has 0 bridgehead atoms. The van der Waals surface area contributed by atoms with E-state index in [1.54, 1.807) is 0 Å². The van der Waals surface area contributed by atoms with Crippen molar-refractivity contribution in [2.24, 2.45) is 0 Å². The first kappa shape index (κ1) is 14.0. The zero-order valence-electron chi connectivity index (χ0n) is 10.6. The van der Waals surface area contributed by atoms with E-state index in [4.69, 9.17) is 0 Å². The quantitative estimate of drug-likeness (QED) is 0.779. The van der Waals surface area contributed by atoms with Crippen LogP contribution in [0.1, 0.15) is 12.0 Å². The van der Waals surface area contributed by atoms with Crippen LogP contribution in [0.25, 0.3) is 0 Å². The van der Waals surface area contributed by atoms with Crippen LogP contribution in [0.5, 0.6) is 0 Å². The maximum atomic E-state index is 10.8. The summed E-state index contributed by atoms with van der Waals surface area (Å²) in [4.78, 5) is 2.05. The smallest absolute Gasteiger partial charge is 0.208 e. The van der Waals surface area contributed by atoms with Gasteiger partial charge in [0.15, 0.2) is 0 Å². The van der Waals surface area contributed by atoms with E-state index in [1.165, 1.54) is 17.5 Å². The van der Waals surface area contributed by atoms with E-state index in [2.05, 4.69) is 33.9 Å². The molecular formula is C12H20N2O2S. The van der Waals surface area contributed by atoms with Gasteiger partial charge in [-0.1, -0.05) is 12.1 Å². The molecule has 0 aliphatic heterocycles. The fraction of sp³-hybridized carbons (Fsp3) is 0.500. The van der Waals surface area contributed by atoms with Crippen LogP contribution in [-0.2, 0) is 16.4 Å². The van der Waals surface area contributed by atoms with E-state index in [0.717, 1.165) is 12.8 Å². The van der Waals surface area contributed by atoms with Crippen LogP contribution in [0, 0.1) is 0 Å². The summed E-state index contributed by atoms with van der Waals surface area (Å²) in [5.74, 6) is 0. The minimum Gasteiger partial charge on any atom is -0.378 e. The Balaban J connectivity index is 2.37. The Bertz CT molecular complexity index is 438. The summed E-state index contributed by atoms with van der Waals surface area (Å²) in [6, 6.07) is 8.30. The van der Waals surface area contributed by atoms with Gasteiger partial charge in [0.2, 0.25) is 10.0 Å². The number of anilines is 1. The first-order valence-electron chi connectivity index (χ1n) is 5.59. The van der Waals surface area contributed by atoms with Crippen LogP contribution in [-0.4, -0.2) is 35.3 Å². The zero-order chi connectivity index (χ0) is 12.9. The van der Waals surface area contributed by atoms with E-state index in [1.807, 2.05) is 14.1 Å². The summed E-state index contributed by atoms with van der Waals surface area (Å²) < 4.78 is 24.2. The van der Waals surface area contributed by atoms with E-state index in [-0.39, 0.29) is 0 Å². The van der Waals surface area contributed by atoms with Crippen LogP contribution in [0.15, 0.2) is 24.3 Å². The Hall–Kier alpha value is -1.07. The molecule has 0 fully saturated rings. The van der Waals surface area contributed by atoms with E-state index < -0.39 is 10.0 Å². The van der Waals surface area contributed by atoms with Gasteiger partial charge < -0.3 is 4.90 Å². The molecule has 0 aliphatic carbocycles. The maximum Gasteiger partial charge on any atom is 0.208 e. The molecule has 0 unspecified atom stereocenters. The van der Waals surface area contributed by atoms with Gasteiger partial charge in [-0.3, -0.25) is 0 Å². The molecule has 0 aliphatic rings. The number of rotatable bonds is 6. The molecule has 4 nitrogen and oxygen atoms in total. The van der Waals surface area contributed by atoms with Crippen molar-refractivity contribution in [3.05, 3.63) is 29.8 Å². The van der Waals surface area contributed by atoms with Crippen molar-refractivity contribution < 1.29 is 8.42 Å². The second kappa shape index (κ2) is 6.02. The summed E-state index contributed by atoms with van der Waals surface area (Å²) in [5.41, 5.74) is 2.40. The molecule has 0 amide bonds. The molecule has 96 valence electrons. The fourth-order valence-electron chi connectivity index (χ4n) is 1.51. The molecule has 1 rings (SSSR count). The third kappa shape index (κ3) is 5.70. The largest absolute Gasteiger partial charge is 0.378 e. The maximum absolute atomic E-state index is 10.8. The number of aryl methyl sites for hydroxylation is 1. The lowest BCUT2D eigenvalue weighted by Gasteiger charge is -2.12. The molecule has 0 spiro atoms. The summed E-state index contributed by atoms with van der Waals surface area (Å²) in [6.45, 7) is 0.494. The van der Waals surface area contributed by atoms with Crippen LogP contribution < -0.4 is 9.62 Å². The Labute approximate surface area is 104 Å². The molecule has 5 heteroatoms. The first-order valence-corrected chi connectivity index (χ1v) is 7.48. The minimum absolute atomic E-state index is 0.494. The van der Waals surface area contributed by atoms with E-state index in [0.29, 0.717) is 6.54 Å². The molecule has 0 radical (unpaired) electrons. The van der Waals surface area contributed by atoms with Crippen LogP contribution in [0.2, 0.25) is 0 Å². The monoisotopic (exact) mass is 256 g/mol. The van der Waals surface area contributed by atoms with E-state index in [9.17, 15) is 8.42 Å². The molecule has 17 heavy (non-hydrogen) atoms. The highest BCUT2D eigenvalue weighted by Gasteiger charge is 2.00. The molecule has 1 aromatic rings. The van der Waals surface area contributed by atoms with Crippen LogP contribution in [0.4, 0.5) is 5.69 Å². The van der Waals surface area contributed by atoms with Crippen molar-refractivity contribution in [2.75, 3.05) is 31.8 Å². The molecule has 1 aromatic carbocycles. The van der Waals surface area contributed by atoms with Crippen molar-refractivity contribution >= 4 is 15.7 Å². The Morgan fingerprint density at radius 2 is 1.76 bits per heavy atom. The van der Waals surface area contributed by atoms with Gasteiger partial charge >= 0.3 is 0 Å². The number of sulfonamides is 1. The van der Waals surface area contributed by atoms with Crippen molar-refractivity contribution in [2.45, 2.75) is 12.8 Å². The molecule has 0 saturated carbocycles.